The van der Waals surface area contributed by atoms with Crippen molar-refractivity contribution in [1.82, 2.24) is 9.80 Å². The Kier molecular flexibility index (Phi) is 4.91. The molecule has 2 fully saturated rings. The molecule has 4 nitrogen and oxygen atoms in total. The average molecular weight is 399 g/mol. The van der Waals surface area contributed by atoms with Gasteiger partial charge in [0.15, 0.2) is 0 Å². The second-order valence-electron chi connectivity index (χ2n) is 7.58. The fraction of sp³-hybridized carbons (Fsp3) is 0.364. The van der Waals surface area contributed by atoms with E-state index in [0.717, 1.165) is 17.5 Å². The number of nitrogens with zero attached hydrogens (tertiary/aromatic N) is 2. The van der Waals surface area contributed by atoms with Crippen LogP contribution in [0.1, 0.15) is 36.9 Å². The van der Waals surface area contributed by atoms with Crippen LogP contribution in [-0.4, -0.2) is 45.3 Å². The van der Waals surface area contributed by atoms with Crippen LogP contribution in [0.25, 0.3) is 0 Å². The third-order valence-electron chi connectivity index (χ3n) is 5.77. The minimum absolute atomic E-state index is 0.0530. The summed E-state index contributed by atoms with van der Waals surface area (Å²) in [5, 5.41) is 0. The molecule has 2 aromatic rings. The number of thioether (sulfide) groups is 1. The number of hydrogen-bond acceptors (Lipinski definition) is 3. The number of rotatable bonds is 4. The number of halogens is 1. The molecule has 0 aliphatic carbocycles. The summed E-state index contributed by atoms with van der Waals surface area (Å²) in [5.41, 5.74) is 1.79. The van der Waals surface area contributed by atoms with Crippen LogP contribution in [-0.2, 0) is 9.59 Å². The van der Waals surface area contributed by atoms with Crippen LogP contribution in [0.15, 0.2) is 54.6 Å². The monoisotopic (exact) mass is 398 g/mol. The zero-order valence-corrected chi connectivity index (χ0v) is 16.8. The van der Waals surface area contributed by atoms with Gasteiger partial charge in [0.25, 0.3) is 0 Å². The fourth-order valence-electron chi connectivity index (χ4n) is 4.29. The van der Waals surface area contributed by atoms with E-state index in [1.54, 1.807) is 40.7 Å². The standard InChI is InChI=1S/C22H23FN2O2S/c1-22-13-12-19(26)25(22)18(14-28-22)21(27)24(2)20(15-6-4-3-5-7-15)16-8-10-17(23)11-9-16/h3-11,18,20H,12-14H2,1-2H3. The molecule has 2 aliphatic heterocycles. The maximum absolute atomic E-state index is 13.5. The van der Waals surface area contributed by atoms with E-state index < -0.39 is 6.04 Å². The molecule has 0 saturated carbocycles. The van der Waals surface area contributed by atoms with Crippen molar-refractivity contribution in [3.8, 4) is 0 Å². The molecule has 6 heteroatoms. The van der Waals surface area contributed by atoms with E-state index in [4.69, 9.17) is 0 Å². The number of fused-ring (bicyclic) bond motifs is 1. The maximum Gasteiger partial charge on any atom is 0.246 e. The highest BCUT2D eigenvalue weighted by molar-refractivity contribution is 8.01. The van der Waals surface area contributed by atoms with Crippen molar-refractivity contribution in [1.29, 1.82) is 0 Å². The zero-order valence-electron chi connectivity index (χ0n) is 16.0. The highest BCUT2D eigenvalue weighted by Crippen LogP contribution is 2.48. The van der Waals surface area contributed by atoms with Crippen molar-refractivity contribution in [2.75, 3.05) is 12.8 Å². The molecule has 2 aliphatic rings. The quantitative estimate of drug-likeness (QED) is 0.786. The Balaban J connectivity index is 1.67. The molecular formula is C22H23FN2O2S. The van der Waals surface area contributed by atoms with Crippen LogP contribution in [0.4, 0.5) is 4.39 Å². The van der Waals surface area contributed by atoms with E-state index in [9.17, 15) is 14.0 Å². The van der Waals surface area contributed by atoms with Crippen LogP contribution < -0.4 is 0 Å². The van der Waals surface area contributed by atoms with Crippen molar-refractivity contribution < 1.29 is 14.0 Å². The van der Waals surface area contributed by atoms with Gasteiger partial charge in [-0.15, -0.1) is 11.8 Å². The van der Waals surface area contributed by atoms with Crippen LogP contribution in [0.2, 0.25) is 0 Å². The molecule has 2 amide bonds. The Labute approximate surface area is 168 Å². The first kappa shape index (κ1) is 19.0. The number of benzene rings is 2. The third kappa shape index (κ3) is 3.20. The normalized spacial score (nSPS) is 24.9. The lowest BCUT2D eigenvalue weighted by atomic mass is 9.96. The Hall–Kier alpha value is -2.34. The Morgan fingerprint density at radius 2 is 1.82 bits per heavy atom. The minimum Gasteiger partial charge on any atom is -0.333 e. The number of carbonyl (C=O) groups excluding carboxylic acids is 2. The van der Waals surface area contributed by atoms with Gasteiger partial charge in [0.1, 0.15) is 11.9 Å². The summed E-state index contributed by atoms with van der Waals surface area (Å²) in [4.78, 5) is 29.1. The van der Waals surface area contributed by atoms with Gasteiger partial charge in [0.2, 0.25) is 11.8 Å². The molecule has 0 spiro atoms. The molecule has 0 aromatic heterocycles. The largest absolute Gasteiger partial charge is 0.333 e. The van der Waals surface area contributed by atoms with Gasteiger partial charge < -0.3 is 9.80 Å². The maximum atomic E-state index is 13.5. The molecule has 0 bridgehead atoms. The number of carbonyl (C=O) groups is 2. The second kappa shape index (κ2) is 7.24. The number of hydrogen-bond donors (Lipinski definition) is 0. The van der Waals surface area contributed by atoms with Crippen LogP contribution in [0.3, 0.4) is 0 Å². The Morgan fingerprint density at radius 1 is 1.18 bits per heavy atom. The zero-order chi connectivity index (χ0) is 19.9. The van der Waals surface area contributed by atoms with Gasteiger partial charge in [0.05, 0.1) is 10.9 Å². The molecule has 3 atom stereocenters. The summed E-state index contributed by atoms with van der Waals surface area (Å²) in [6.07, 6.45) is 1.28. The van der Waals surface area contributed by atoms with Crippen molar-refractivity contribution >= 4 is 23.6 Å². The Bertz CT molecular complexity index is 889. The molecule has 0 N–H and O–H groups in total. The van der Waals surface area contributed by atoms with Gasteiger partial charge in [-0.1, -0.05) is 42.5 Å². The van der Waals surface area contributed by atoms with Crippen molar-refractivity contribution in [2.45, 2.75) is 36.7 Å². The van der Waals surface area contributed by atoms with Crippen molar-refractivity contribution in [2.24, 2.45) is 0 Å². The van der Waals surface area contributed by atoms with Crippen LogP contribution in [0, 0.1) is 5.82 Å². The molecule has 2 aromatic carbocycles. The van der Waals surface area contributed by atoms with E-state index in [1.807, 2.05) is 37.3 Å². The summed E-state index contributed by atoms with van der Waals surface area (Å²) < 4.78 is 13.5. The SMILES string of the molecule is CN(C(=O)C1CSC2(C)CCC(=O)N12)C(c1ccccc1)c1ccc(F)cc1. The van der Waals surface area contributed by atoms with E-state index in [1.165, 1.54) is 12.1 Å². The fourth-order valence-corrected chi connectivity index (χ4v) is 5.71. The number of amides is 2. The van der Waals surface area contributed by atoms with Gasteiger partial charge in [-0.3, -0.25) is 9.59 Å². The highest BCUT2D eigenvalue weighted by atomic mass is 32.2. The van der Waals surface area contributed by atoms with E-state index in [-0.39, 0.29) is 28.5 Å². The molecule has 4 rings (SSSR count). The number of likely N-dealkylation sites (N-methyl/N-ethyl adjacent to an activating group) is 1. The molecular weight excluding hydrogens is 375 g/mol. The average Bonchev–Trinajstić information content (AvgIpc) is 3.19. The lowest BCUT2D eigenvalue weighted by molar-refractivity contribution is -0.143. The molecule has 28 heavy (non-hydrogen) atoms. The molecule has 2 heterocycles. The topological polar surface area (TPSA) is 40.6 Å². The first-order valence-corrected chi connectivity index (χ1v) is 10.4. The lowest BCUT2D eigenvalue weighted by Gasteiger charge is -2.35. The summed E-state index contributed by atoms with van der Waals surface area (Å²) in [7, 11) is 1.77. The second-order valence-corrected chi connectivity index (χ2v) is 9.08. The molecule has 146 valence electrons. The smallest absolute Gasteiger partial charge is 0.246 e. The van der Waals surface area contributed by atoms with Crippen LogP contribution >= 0.6 is 11.8 Å². The van der Waals surface area contributed by atoms with Crippen molar-refractivity contribution in [3.63, 3.8) is 0 Å². The first-order valence-electron chi connectivity index (χ1n) is 9.44. The van der Waals surface area contributed by atoms with E-state index >= 15 is 0 Å². The highest BCUT2D eigenvalue weighted by Gasteiger charge is 2.53. The van der Waals surface area contributed by atoms with Gasteiger partial charge in [-0.25, -0.2) is 4.39 Å². The van der Waals surface area contributed by atoms with Gasteiger partial charge in [0, 0.05) is 19.2 Å². The van der Waals surface area contributed by atoms with Gasteiger partial charge >= 0.3 is 0 Å². The summed E-state index contributed by atoms with van der Waals surface area (Å²) in [6, 6.07) is 15.2. The lowest BCUT2D eigenvalue weighted by Crippen LogP contribution is -2.51. The van der Waals surface area contributed by atoms with Gasteiger partial charge in [-0.2, -0.15) is 0 Å². The molecule has 3 unspecified atom stereocenters. The molecule has 0 radical (unpaired) electrons. The van der Waals surface area contributed by atoms with E-state index in [2.05, 4.69) is 0 Å². The summed E-state index contributed by atoms with van der Waals surface area (Å²) in [5.74, 6) is 0.271. The van der Waals surface area contributed by atoms with Gasteiger partial charge in [-0.05, 0) is 36.6 Å². The predicted octanol–water partition coefficient (Wildman–Crippen LogP) is 3.83. The molecule has 2 saturated heterocycles. The Morgan fingerprint density at radius 3 is 2.50 bits per heavy atom. The van der Waals surface area contributed by atoms with Crippen LogP contribution in [0.5, 0.6) is 0 Å². The summed E-state index contributed by atoms with van der Waals surface area (Å²) in [6.45, 7) is 2.05. The third-order valence-corrected chi connectivity index (χ3v) is 7.27. The predicted molar refractivity (Wildman–Crippen MR) is 108 cm³/mol. The first-order chi connectivity index (χ1) is 13.4. The van der Waals surface area contributed by atoms with E-state index in [0.29, 0.717) is 12.2 Å². The minimum atomic E-state index is -0.457. The van der Waals surface area contributed by atoms with Crippen molar-refractivity contribution in [3.05, 3.63) is 71.5 Å². The summed E-state index contributed by atoms with van der Waals surface area (Å²) >= 11 is 1.69.